The van der Waals surface area contributed by atoms with Crippen LogP contribution in [-0.2, 0) is 19.6 Å². The summed E-state index contributed by atoms with van der Waals surface area (Å²) in [6.45, 7) is 1.28. The van der Waals surface area contributed by atoms with Gasteiger partial charge in [0.25, 0.3) is 5.91 Å². The summed E-state index contributed by atoms with van der Waals surface area (Å²) in [4.78, 5) is 24.1. The molecule has 0 radical (unpaired) electrons. The second-order valence-corrected chi connectivity index (χ2v) is 7.70. The monoisotopic (exact) mass is 406 g/mol. The molecule has 0 spiro atoms. The summed E-state index contributed by atoms with van der Waals surface area (Å²) in [5.74, 6) is -0.605. The fraction of sp³-hybridized carbons (Fsp3) is 0.263. The zero-order chi connectivity index (χ0) is 20.6. The Labute approximate surface area is 163 Å². The molecule has 0 fully saturated rings. The number of sulfonamides is 1. The maximum Gasteiger partial charge on any atom is 0.338 e. The quantitative estimate of drug-likeness (QED) is 0.620. The zero-order valence-electron chi connectivity index (χ0n) is 15.6. The minimum atomic E-state index is -3.47. The van der Waals surface area contributed by atoms with E-state index in [-0.39, 0.29) is 17.0 Å². The Morgan fingerprint density at radius 3 is 2.39 bits per heavy atom. The normalized spacial score (nSPS) is 10.8. The third-order valence-electron chi connectivity index (χ3n) is 3.55. The molecule has 2 aromatic rings. The van der Waals surface area contributed by atoms with Gasteiger partial charge in [-0.15, -0.1) is 0 Å². The summed E-state index contributed by atoms with van der Waals surface area (Å²) >= 11 is 0. The van der Waals surface area contributed by atoms with Gasteiger partial charge in [-0.3, -0.25) is 9.52 Å². The summed E-state index contributed by atoms with van der Waals surface area (Å²) in [5, 5.41) is 2.59. The largest absolute Gasteiger partial charge is 0.497 e. The molecule has 0 saturated heterocycles. The van der Waals surface area contributed by atoms with Crippen LogP contribution >= 0.6 is 0 Å². The molecule has 0 aliphatic carbocycles. The van der Waals surface area contributed by atoms with Crippen LogP contribution in [0.15, 0.2) is 48.5 Å². The van der Waals surface area contributed by atoms with Crippen molar-refractivity contribution in [3.63, 3.8) is 0 Å². The van der Waals surface area contributed by atoms with Gasteiger partial charge in [0.15, 0.2) is 6.61 Å². The maximum atomic E-state index is 12.1. The van der Waals surface area contributed by atoms with Gasteiger partial charge >= 0.3 is 5.97 Å². The highest BCUT2D eigenvalue weighted by molar-refractivity contribution is 7.92. The standard InChI is InChI=1S/C19H22N2O6S/c1-3-11-28(24,25)21-16-6-4-5-14(12-16)19(23)27-13-18(22)20-15-7-9-17(26-2)10-8-15/h4-10,12,21H,3,11,13H2,1-2H3,(H,20,22). The Kier molecular flexibility index (Phi) is 7.39. The van der Waals surface area contributed by atoms with Gasteiger partial charge < -0.3 is 14.8 Å². The molecular weight excluding hydrogens is 384 g/mol. The first-order valence-electron chi connectivity index (χ1n) is 8.54. The molecule has 8 nitrogen and oxygen atoms in total. The highest BCUT2D eigenvalue weighted by Crippen LogP contribution is 2.16. The van der Waals surface area contributed by atoms with Gasteiger partial charge in [0.2, 0.25) is 10.0 Å². The van der Waals surface area contributed by atoms with Crippen molar-refractivity contribution in [1.82, 2.24) is 0 Å². The van der Waals surface area contributed by atoms with Crippen LogP contribution in [0.25, 0.3) is 0 Å². The van der Waals surface area contributed by atoms with Crippen molar-refractivity contribution in [3.8, 4) is 5.75 Å². The van der Waals surface area contributed by atoms with Crippen LogP contribution in [0.5, 0.6) is 5.75 Å². The SMILES string of the molecule is CCCS(=O)(=O)Nc1cccc(C(=O)OCC(=O)Nc2ccc(OC)cc2)c1. The number of amides is 1. The van der Waals surface area contributed by atoms with Gasteiger partial charge in [-0.2, -0.15) is 0 Å². The van der Waals surface area contributed by atoms with Crippen molar-refractivity contribution in [1.29, 1.82) is 0 Å². The van der Waals surface area contributed by atoms with Crippen molar-refractivity contribution >= 4 is 33.3 Å². The summed E-state index contributed by atoms with van der Waals surface area (Å²) < 4.78 is 36.1. The van der Waals surface area contributed by atoms with Crippen LogP contribution in [0.3, 0.4) is 0 Å². The average molecular weight is 406 g/mol. The van der Waals surface area contributed by atoms with E-state index in [0.717, 1.165) is 0 Å². The van der Waals surface area contributed by atoms with Crippen molar-refractivity contribution in [2.75, 3.05) is 29.5 Å². The van der Waals surface area contributed by atoms with Gasteiger partial charge in [0, 0.05) is 11.4 Å². The average Bonchev–Trinajstić information content (AvgIpc) is 2.66. The van der Waals surface area contributed by atoms with Gasteiger partial charge in [-0.05, 0) is 48.9 Å². The van der Waals surface area contributed by atoms with E-state index in [1.807, 2.05) is 0 Å². The number of hydrogen-bond donors (Lipinski definition) is 2. The Bertz CT molecular complexity index is 926. The van der Waals surface area contributed by atoms with E-state index < -0.39 is 28.5 Å². The van der Waals surface area contributed by atoms with E-state index in [9.17, 15) is 18.0 Å². The molecule has 0 atom stereocenters. The van der Waals surface area contributed by atoms with Crippen molar-refractivity contribution in [3.05, 3.63) is 54.1 Å². The molecule has 9 heteroatoms. The molecule has 0 aromatic heterocycles. The maximum absolute atomic E-state index is 12.1. The van der Waals surface area contributed by atoms with Crippen LogP contribution < -0.4 is 14.8 Å². The lowest BCUT2D eigenvalue weighted by Gasteiger charge is -2.09. The number of methoxy groups -OCH3 is 1. The third-order valence-corrected chi connectivity index (χ3v) is 5.05. The molecule has 28 heavy (non-hydrogen) atoms. The highest BCUT2D eigenvalue weighted by atomic mass is 32.2. The predicted molar refractivity (Wildman–Crippen MR) is 106 cm³/mol. The lowest BCUT2D eigenvalue weighted by atomic mass is 10.2. The van der Waals surface area contributed by atoms with E-state index in [1.165, 1.54) is 31.4 Å². The van der Waals surface area contributed by atoms with Gasteiger partial charge in [-0.1, -0.05) is 13.0 Å². The molecule has 0 unspecified atom stereocenters. The van der Waals surface area contributed by atoms with Crippen LogP contribution in [-0.4, -0.2) is 39.8 Å². The summed E-state index contributed by atoms with van der Waals surface area (Å²) in [5.41, 5.74) is 0.925. The lowest BCUT2D eigenvalue weighted by molar-refractivity contribution is -0.119. The minimum absolute atomic E-state index is 0.0206. The van der Waals surface area contributed by atoms with E-state index >= 15 is 0 Å². The van der Waals surface area contributed by atoms with Crippen LogP contribution in [0.2, 0.25) is 0 Å². The Morgan fingerprint density at radius 1 is 1.04 bits per heavy atom. The first kappa shape index (κ1) is 21.2. The number of carbonyl (C=O) groups excluding carboxylic acids is 2. The minimum Gasteiger partial charge on any atom is -0.497 e. The Hall–Kier alpha value is -3.07. The van der Waals surface area contributed by atoms with Crippen LogP contribution in [0.1, 0.15) is 23.7 Å². The van der Waals surface area contributed by atoms with E-state index in [4.69, 9.17) is 9.47 Å². The van der Waals surface area contributed by atoms with Gasteiger partial charge in [0.1, 0.15) is 5.75 Å². The molecule has 2 aromatic carbocycles. The predicted octanol–water partition coefficient (Wildman–Crippen LogP) is 2.64. The number of hydrogen-bond acceptors (Lipinski definition) is 6. The zero-order valence-corrected chi connectivity index (χ0v) is 16.4. The molecule has 2 rings (SSSR count). The molecule has 0 bridgehead atoms. The summed E-state index contributed by atoms with van der Waals surface area (Å²) in [6.07, 6.45) is 0.473. The summed E-state index contributed by atoms with van der Waals surface area (Å²) in [7, 11) is -1.93. The van der Waals surface area contributed by atoms with Gasteiger partial charge in [-0.25, -0.2) is 13.2 Å². The first-order chi connectivity index (χ1) is 13.3. The number of anilines is 2. The molecule has 2 N–H and O–H groups in total. The van der Waals surface area contributed by atoms with Crippen LogP contribution in [0.4, 0.5) is 11.4 Å². The number of esters is 1. The molecule has 1 amide bonds. The number of benzene rings is 2. The van der Waals surface area contributed by atoms with Crippen molar-refractivity contribution < 1.29 is 27.5 Å². The van der Waals surface area contributed by atoms with Gasteiger partial charge in [0.05, 0.1) is 18.4 Å². The van der Waals surface area contributed by atoms with E-state index in [1.54, 1.807) is 31.2 Å². The number of rotatable bonds is 9. The van der Waals surface area contributed by atoms with Crippen molar-refractivity contribution in [2.24, 2.45) is 0 Å². The fourth-order valence-electron chi connectivity index (χ4n) is 2.29. The summed E-state index contributed by atoms with van der Waals surface area (Å²) in [6, 6.07) is 12.6. The molecule has 150 valence electrons. The Balaban J connectivity index is 1.91. The molecule has 0 aliphatic rings. The number of carbonyl (C=O) groups is 2. The Morgan fingerprint density at radius 2 is 1.75 bits per heavy atom. The van der Waals surface area contributed by atoms with Crippen molar-refractivity contribution in [2.45, 2.75) is 13.3 Å². The molecule has 0 aliphatic heterocycles. The third kappa shape index (κ3) is 6.58. The number of nitrogens with one attached hydrogen (secondary N) is 2. The molecule has 0 heterocycles. The van der Waals surface area contributed by atoms with E-state index in [0.29, 0.717) is 17.9 Å². The molecular formula is C19H22N2O6S. The highest BCUT2D eigenvalue weighted by Gasteiger charge is 2.13. The topological polar surface area (TPSA) is 111 Å². The lowest BCUT2D eigenvalue weighted by Crippen LogP contribution is -2.21. The first-order valence-corrected chi connectivity index (χ1v) is 10.2. The van der Waals surface area contributed by atoms with E-state index in [2.05, 4.69) is 10.0 Å². The van der Waals surface area contributed by atoms with Crippen LogP contribution in [0, 0.1) is 0 Å². The fourth-order valence-corrected chi connectivity index (χ4v) is 3.42. The smallest absolute Gasteiger partial charge is 0.338 e. The molecule has 0 saturated carbocycles. The number of ether oxygens (including phenoxy) is 2. The second kappa shape index (κ2) is 9.75. The second-order valence-electron chi connectivity index (χ2n) is 5.85.